The molecule has 0 aromatic heterocycles. The summed E-state index contributed by atoms with van der Waals surface area (Å²) in [5.74, 6) is 0.983. The highest BCUT2D eigenvalue weighted by Gasteiger charge is 2.26. The Morgan fingerprint density at radius 1 is 1.36 bits per heavy atom. The van der Waals surface area contributed by atoms with Crippen LogP contribution in [0.5, 0.6) is 0 Å². The predicted molar refractivity (Wildman–Crippen MR) is 49.7 cm³/mol. The van der Waals surface area contributed by atoms with Gasteiger partial charge in [-0.05, 0) is 25.8 Å². The zero-order valence-corrected chi connectivity index (χ0v) is 8.14. The Morgan fingerprint density at radius 3 is 2.55 bits per heavy atom. The van der Waals surface area contributed by atoms with Crippen molar-refractivity contribution >= 4 is 0 Å². The van der Waals surface area contributed by atoms with Crippen molar-refractivity contribution in [3.63, 3.8) is 0 Å². The largest absolute Gasteiger partial charge is 0.303 e. The molecule has 1 aliphatic rings. The summed E-state index contributed by atoms with van der Waals surface area (Å²) in [6.45, 7) is 5.93. The van der Waals surface area contributed by atoms with Crippen LogP contribution in [0.25, 0.3) is 0 Å². The minimum atomic E-state index is 0.893. The van der Waals surface area contributed by atoms with Crippen molar-refractivity contribution in [2.24, 2.45) is 5.92 Å². The van der Waals surface area contributed by atoms with E-state index in [-0.39, 0.29) is 0 Å². The van der Waals surface area contributed by atoms with Gasteiger partial charge in [0.05, 0.1) is 0 Å². The molecule has 1 heterocycles. The van der Waals surface area contributed by atoms with Crippen LogP contribution in [0.4, 0.5) is 0 Å². The van der Waals surface area contributed by atoms with E-state index in [1.54, 1.807) is 0 Å². The molecule has 0 spiro atoms. The first-order valence-electron chi connectivity index (χ1n) is 4.98. The molecule has 0 radical (unpaired) electrons. The minimum absolute atomic E-state index is 0.893. The third kappa shape index (κ3) is 2.19. The molecule has 11 heavy (non-hydrogen) atoms. The van der Waals surface area contributed by atoms with Crippen LogP contribution in [0.2, 0.25) is 0 Å². The summed E-state index contributed by atoms with van der Waals surface area (Å²) >= 11 is 0. The van der Waals surface area contributed by atoms with Crippen molar-refractivity contribution in [1.82, 2.24) is 4.90 Å². The SMILES string of the molecule is CCCC1CC(CC)CN1C. The summed E-state index contributed by atoms with van der Waals surface area (Å²) in [5.41, 5.74) is 0. The van der Waals surface area contributed by atoms with E-state index in [2.05, 4.69) is 25.8 Å². The average molecular weight is 155 g/mol. The third-order valence-electron chi connectivity index (χ3n) is 2.97. The van der Waals surface area contributed by atoms with Crippen molar-refractivity contribution in [1.29, 1.82) is 0 Å². The smallest absolute Gasteiger partial charge is 0.00953 e. The Kier molecular flexibility index (Phi) is 3.38. The Morgan fingerprint density at radius 2 is 2.09 bits per heavy atom. The van der Waals surface area contributed by atoms with Gasteiger partial charge in [-0.2, -0.15) is 0 Å². The van der Waals surface area contributed by atoms with E-state index < -0.39 is 0 Å². The van der Waals surface area contributed by atoms with Gasteiger partial charge in [0.1, 0.15) is 0 Å². The van der Waals surface area contributed by atoms with Crippen molar-refractivity contribution in [3.8, 4) is 0 Å². The molecule has 1 fully saturated rings. The first kappa shape index (κ1) is 9.05. The molecule has 2 atom stereocenters. The monoisotopic (exact) mass is 155 g/mol. The molecular formula is C10H21N. The molecule has 66 valence electrons. The van der Waals surface area contributed by atoms with Gasteiger partial charge in [0.2, 0.25) is 0 Å². The lowest BCUT2D eigenvalue weighted by molar-refractivity contribution is 0.292. The van der Waals surface area contributed by atoms with Gasteiger partial charge in [-0.15, -0.1) is 0 Å². The van der Waals surface area contributed by atoms with E-state index in [1.807, 2.05) is 0 Å². The van der Waals surface area contributed by atoms with E-state index in [9.17, 15) is 0 Å². The number of hydrogen-bond acceptors (Lipinski definition) is 1. The maximum absolute atomic E-state index is 2.54. The molecule has 1 rings (SSSR count). The average Bonchev–Trinajstić information content (AvgIpc) is 2.33. The molecule has 0 aromatic carbocycles. The van der Waals surface area contributed by atoms with Crippen LogP contribution in [0.15, 0.2) is 0 Å². The lowest BCUT2D eigenvalue weighted by Crippen LogP contribution is -2.24. The van der Waals surface area contributed by atoms with E-state index >= 15 is 0 Å². The lowest BCUT2D eigenvalue weighted by atomic mass is 10.0. The number of likely N-dealkylation sites (tertiary alicyclic amines) is 1. The van der Waals surface area contributed by atoms with Gasteiger partial charge in [0, 0.05) is 12.6 Å². The highest BCUT2D eigenvalue weighted by molar-refractivity contribution is 4.81. The van der Waals surface area contributed by atoms with Crippen molar-refractivity contribution in [2.75, 3.05) is 13.6 Å². The Balaban J connectivity index is 2.32. The second kappa shape index (κ2) is 4.10. The maximum Gasteiger partial charge on any atom is 0.00953 e. The topological polar surface area (TPSA) is 3.24 Å². The predicted octanol–water partition coefficient (Wildman–Crippen LogP) is 2.52. The molecular weight excluding hydrogens is 134 g/mol. The number of nitrogens with zero attached hydrogens (tertiary/aromatic N) is 1. The molecule has 0 aromatic rings. The van der Waals surface area contributed by atoms with E-state index in [0.717, 1.165) is 12.0 Å². The molecule has 1 nitrogen and oxygen atoms in total. The van der Waals surface area contributed by atoms with Crippen LogP contribution in [0.1, 0.15) is 39.5 Å². The molecule has 0 aliphatic carbocycles. The summed E-state index contributed by atoms with van der Waals surface area (Å²) in [6.07, 6.45) is 5.55. The quantitative estimate of drug-likeness (QED) is 0.605. The van der Waals surface area contributed by atoms with E-state index in [4.69, 9.17) is 0 Å². The fourth-order valence-electron chi connectivity index (χ4n) is 2.16. The highest BCUT2D eigenvalue weighted by Crippen LogP contribution is 2.26. The molecule has 0 saturated carbocycles. The van der Waals surface area contributed by atoms with Crippen LogP contribution < -0.4 is 0 Å². The van der Waals surface area contributed by atoms with E-state index in [0.29, 0.717) is 0 Å². The van der Waals surface area contributed by atoms with Crippen LogP contribution in [0.3, 0.4) is 0 Å². The van der Waals surface area contributed by atoms with Gasteiger partial charge in [-0.3, -0.25) is 0 Å². The third-order valence-corrected chi connectivity index (χ3v) is 2.97. The molecule has 0 amide bonds. The number of rotatable bonds is 3. The van der Waals surface area contributed by atoms with Crippen molar-refractivity contribution in [2.45, 2.75) is 45.6 Å². The second-order valence-electron chi connectivity index (χ2n) is 3.89. The first-order valence-corrected chi connectivity index (χ1v) is 4.98. The standard InChI is InChI=1S/C10H21N/c1-4-6-10-7-9(5-2)8-11(10)3/h9-10H,4-8H2,1-3H3. The van der Waals surface area contributed by atoms with Gasteiger partial charge >= 0.3 is 0 Å². The highest BCUT2D eigenvalue weighted by atomic mass is 15.1. The van der Waals surface area contributed by atoms with Crippen LogP contribution >= 0.6 is 0 Å². The normalized spacial score (nSPS) is 33.0. The first-order chi connectivity index (χ1) is 5.27. The minimum Gasteiger partial charge on any atom is -0.303 e. The second-order valence-corrected chi connectivity index (χ2v) is 3.89. The summed E-state index contributed by atoms with van der Waals surface area (Å²) in [7, 11) is 2.27. The van der Waals surface area contributed by atoms with Gasteiger partial charge < -0.3 is 4.90 Å². The lowest BCUT2D eigenvalue weighted by Gasteiger charge is -2.17. The Labute approximate surface area is 70.8 Å². The van der Waals surface area contributed by atoms with Gasteiger partial charge in [0.25, 0.3) is 0 Å². The molecule has 2 unspecified atom stereocenters. The van der Waals surface area contributed by atoms with Crippen molar-refractivity contribution < 1.29 is 0 Å². The molecule has 0 N–H and O–H groups in total. The van der Waals surface area contributed by atoms with Gasteiger partial charge in [0.15, 0.2) is 0 Å². The van der Waals surface area contributed by atoms with Crippen LogP contribution in [0, 0.1) is 5.92 Å². The Hall–Kier alpha value is -0.0400. The van der Waals surface area contributed by atoms with Gasteiger partial charge in [-0.1, -0.05) is 26.7 Å². The van der Waals surface area contributed by atoms with E-state index in [1.165, 1.54) is 32.2 Å². The molecule has 0 bridgehead atoms. The zero-order valence-electron chi connectivity index (χ0n) is 8.14. The maximum atomic E-state index is 2.54. The van der Waals surface area contributed by atoms with Crippen LogP contribution in [-0.2, 0) is 0 Å². The number of hydrogen-bond donors (Lipinski definition) is 0. The fourth-order valence-corrected chi connectivity index (χ4v) is 2.16. The van der Waals surface area contributed by atoms with Crippen LogP contribution in [-0.4, -0.2) is 24.5 Å². The zero-order chi connectivity index (χ0) is 8.27. The van der Waals surface area contributed by atoms with Gasteiger partial charge in [-0.25, -0.2) is 0 Å². The summed E-state index contributed by atoms with van der Waals surface area (Å²) < 4.78 is 0. The fraction of sp³-hybridized carbons (Fsp3) is 1.00. The summed E-state index contributed by atoms with van der Waals surface area (Å²) in [6, 6.07) is 0.893. The Bertz CT molecular complexity index is 111. The van der Waals surface area contributed by atoms with Crippen molar-refractivity contribution in [3.05, 3.63) is 0 Å². The molecule has 1 saturated heterocycles. The molecule has 1 heteroatoms. The molecule has 1 aliphatic heterocycles. The summed E-state index contributed by atoms with van der Waals surface area (Å²) in [5, 5.41) is 0. The summed E-state index contributed by atoms with van der Waals surface area (Å²) in [4.78, 5) is 2.54.